The van der Waals surface area contributed by atoms with Gasteiger partial charge in [0.2, 0.25) is 23.7 Å². The molecule has 0 bridgehead atoms. The van der Waals surface area contributed by atoms with Crippen LogP contribution in [0.1, 0.15) is 160 Å². The smallest absolute Gasteiger partial charge is 0.349 e. The molecule has 6 unspecified atom stereocenters. The summed E-state index contributed by atoms with van der Waals surface area (Å²) in [7, 11) is 3.74. The average molecular weight is 1790 g/mol. The summed E-state index contributed by atoms with van der Waals surface area (Å²) >= 11 is 20.6. The summed E-state index contributed by atoms with van der Waals surface area (Å²) in [6, 6.07) is 28.4. The third-order valence-electron chi connectivity index (χ3n) is 23.6. The molecule has 666 valence electrons. The molecule has 128 heavy (non-hydrogen) atoms. The molecule has 26 nitrogen and oxygen atoms in total. The van der Waals surface area contributed by atoms with Crippen molar-refractivity contribution in [3.05, 3.63) is 251 Å². The maximum absolute atomic E-state index is 15.2. The molecular weight excluding hydrogens is 1690 g/mol. The van der Waals surface area contributed by atoms with Crippen LogP contribution in [-0.4, -0.2) is 186 Å². The van der Waals surface area contributed by atoms with Gasteiger partial charge in [-0.3, -0.25) is 24.4 Å². The minimum Gasteiger partial charge on any atom is -0.349 e. The number of fused-ring (bicyclic) bond motifs is 3. The molecule has 3 aliphatic rings. The highest BCUT2D eigenvalue weighted by Crippen LogP contribution is 2.43. The molecule has 0 N–H and O–H groups in total. The fourth-order valence-corrected chi connectivity index (χ4v) is 17.8. The predicted octanol–water partition coefficient (Wildman–Crippen LogP) is 17.5. The van der Waals surface area contributed by atoms with E-state index in [1.807, 2.05) is 175 Å². The lowest BCUT2D eigenvalue weighted by molar-refractivity contribution is -0.129. The molecule has 15 rings (SSSR count). The first-order chi connectivity index (χ1) is 60.8. The largest absolute Gasteiger partial charge is 0.355 e. The zero-order valence-electron chi connectivity index (χ0n) is 75.6. The third kappa shape index (κ3) is 18.2. The first-order valence-corrected chi connectivity index (χ1v) is 44.0. The number of hydrogen-bond donors (Lipinski definition) is 0. The van der Waals surface area contributed by atoms with E-state index in [-0.39, 0.29) is 99.6 Å². The number of piperazine rings is 3. The molecule has 3 aromatic carbocycles. The summed E-state index contributed by atoms with van der Waals surface area (Å²) in [5.74, 6) is 0.406. The second kappa shape index (κ2) is 38.2. The zero-order chi connectivity index (χ0) is 92.8. The number of pyridine rings is 5. The van der Waals surface area contributed by atoms with Crippen LogP contribution in [0.5, 0.6) is 0 Å². The molecule has 31 heteroatoms. The van der Waals surface area contributed by atoms with E-state index in [2.05, 4.69) is 63.4 Å². The number of anilines is 4. The van der Waals surface area contributed by atoms with Gasteiger partial charge in [0, 0.05) is 119 Å². The van der Waals surface area contributed by atoms with E-state index >= 15 is 4.39 Å². The summed E-state index contributed by atoms with van der Waals surface area (Å²) in [6.07, 6.45) is 7.45. The molecule has 3 saturated heterocycles. The molecule has 3 aliphatic heterocycles. The van der Waals surface area contributed by atoms with E-state index in [4.69, 9.17) is 59.7 Å². The molecule has 3 amide bonds. The van der Waals surface area contributed by atoms with Gasteiger partial charge in [0.15, 0.2) is 16.9 Å². The minimum absolute atomic E-state index is 0.0119. The molecule has 9 aromatic heterocycles. The van der Waals surface area contributed by atoms with Gasteiger partial charge in [-0.2, -0.15) is 15.0 Å². The number of carbonyl (C=O) groups is 3. The van der Waals surface area contributed by atoms with Gasteiger partial charge < -0.3 is 34.3 Å². The molecule has 0 aliphatic carbocycles. The number of carbonyl (C=O) groups excluding carboxylic acids is 3. The Morgan fingerprint density at radius 3 is 1.12 bits per heavy atom. The number of aryl methyl sites for hydroxylation is 3. The Bertz CT molecular complexity index is 6310. The normalized spacial score (nSPS) is 17.2. The van der Waals surface area contributed by atoms with Gasteiger partial charge in [0.25, 0.3) is 0 Å². The lowest BCUT2D eigenvalue weighted by Crippen LogP contribution is -2.58. The van der Waals surface area contributed by atoms with Crippen molar-refractivity contribution in [3.63, 3.8) is 0 Å². The Morgan fingerprint density at radius 1 is 0.422 bits per heavy atom. The summed E-state index contributed by atoms with van der Waals surface area (Å²) < 4.78 is 33.9. The van der Waals surface area contributed by atoms with Crippen molar-refractivity contribution >= 4 is 109 Å². The highest BCUT2D eigenvalue weighted by atomic mass is 35.5. The first-order valence-electron chi connectivity index (χ1n) is 42.9. The van der Waals surface area contributed by atoms with Crippen molar-refractivity contribution < 1.29 is 23.2 Å². The SMILES string of the molecule is C=CC(=O)N1CC(C)N(c2nc(=O)n(-c3c(C(C)C)nc(N(C)C)nc3C(C)C)c3nc(-c4ccccc4F)c(Cl)cc23)CC1C.C=CC(=O)N1CC(C)N(c2nc(=O)n(-c3c(C)ccnc3C(C)C)c3nc(-c4cccc(C)c4)c(Cl)cc23)CC1C.C=CC(=O)N1CC(C)N(c2nc(=O)n(-c3c(C)ccnc3C(C)C)c3nc(-c4cccc(F)c4)c(Cl)cc23)CC1C. The maximum Gasteiger partial charge on any atom is 0.355 e. The Kier molecular flexibility index (Phi) is 27.8. The molecule has 12 aromatic rings. The van der Waals surface area contributed by atoms with Crippen LogP contribution >= 0.6 is 34.8 Å². The van der Waals surface area contributed by atoms with Gasteiger partial charge in [0.1, 0.15) is 29.1 Å². The molecular formula is C97H107Cl3F2N20O6. The van der Waals surface area contributed by atoms with Gasteiger partial charge in [-0.15, -0.1) is 0 Å². The van der Waals surface area contributed by atoms with Gasteiger partial charge in [-0.1, -0.05) is 158 Å². The molecule has 6 atom stereocenters. The summed E-state index contributed by atoms with van der Waals surface area (Å²) in [4.78, 5) is 141. The minimum atomic E-state index is -0.578. The number of hydrogen-bond acceptors (Lipinski definition) is 20. The Balaban J connectivity index is 0.000000164. The van der Waals surface area contributed by atoms with Crippen molar-refractivity contribution in [3.8, 4) is 50.8 Å². The van der Waals surface area contributed by atoms with Crippen LogP contribution in [0.4, 0.5) is 32.2 Å². The number of aromatic nitrogens is 13. The predicted molar refractivity (Wildman–Crippen MR) is 507 cm³/mol. The highest BCUT2D eigenvalue weighted by molar-refractivity contribution is 6.35. The summed E-state index contributed by atoms with van der Waals surface area (Å²) in [5.41, 5.74) is 9.63. The molecule has 0 saturated carbocycles. The van der Waals surface area contributed by atoms with Crippen molar-refractivity contribution in [1.82, 2.24) is 78.2 Å². The number of benzene rings is 3. The Labute approximate surface area is 758 Å². The average Bonchev–Trinajstić information content (AvgIpc) is 0.998. The second-order valence-corrected chi connectivity index (χ2v) is 35.8. The van der Waals surface area contributed by atoms with Crippen LogP contribution in [0.25, 0.3) is 83.9 Å². The van der Waals surface area contributed by atoms with Crippen LogP contribution in [0.2, 0.25) is 15.1 Å². The third-order valence-corrected chi connectivity index (χ3v) is 24.4. The van der Waals surface area contributed by atoms with Crippen molar-refractivity contribution in [2.45, 2.75) is 178 Å². The quantitative estimate of drug-likeness (QED) is 0.0766. The van der Waals surface area contributed by atoms with Crippen LogP contribution in [-0.2, 0) is 14.4 Å². The highest BCUT2D eigenvalue weighted by Gasteiger charge is 2.39. The molecule has 3 fully saturated rings. The summed E-state index contributed by atoms with van der Waals surface area (Å²) in [5, 5.41) is 2.70. The first kappa shape index (κ1) is 93.1. The van der Waals surface area contributed by atoms with E-state index in [1.165, 1.54) is 45.6 Å². The summed E-state index contributed by atoms with van der Waals surface area (Å²) in [6.45, 7) is 47.5. The molecule has 12 heterocycles. The Morgan fingerprint density at radius 2 is 0.773 bits per heavy atom. The molecule has 0 radical (unpaired) electrons. The van der Waals surface area contributed by atoms with Crippen LogP contribution in [0, 0.1) is 32.4 Å². The van der Waals surface area contributed by atoms with E-state index in [1.54, 1.807) is 74.1 Å². The Hall–Kier alpha value is -12.5. The van der Waals surface area contributed by atoms with E-state index in [0.29, 0.717) is 146 Å². The van der Waals surface area contributed by atoms with Gasteiger partial charge >= 0.3 is 17.1 Å². The molecule has 0 spiro atoms. The van der Waals surface area contributed by atoms with Crippen molar-refractivity contribution in [2.75, 3.05) is 73.0 Å². The lowest BCUT2D eigenvalue weighted by atomic mass is 10.0. The monoisotopic (exact) mass is 1790 g/mol. The van der Waals surface area contributed by atoms with Gasteiger partial charge in [-0.25, -0.2) is 61.8 Å². The van der Waals surface area contributed by atoms with Crippen molar-refractivity contribution in [1.29, 1.82) is 0 Å². The maximum atomic E-state index is 15.2. The van der Waals surface area contributed by atoms with Crippen LogP contribution in [0.3, 0.4) is 0 Å². The number of amides is 3. The van der Waals surface area contributed by atoms with Crippen LogP contribution in [0.15, 0.2) is 168 Å². The number of halogens is 5. The lowest BCUT2D eigenvalue weighted by Gasteiger charge is -2.44. The van der Waals surface area contributed by atoms with E-state index in [9.17, 15) is 33.2 Å². The van der Waals surface area contributed by atoms with E-state index < -0.39 is 28.7 Å². The number of nitrogens with zero attached hydrogens (tertiary/aromatic N) is 20. The standard InChI is InChI=1S/C34H40ClFN8O2.C32H35ClN6O2.C31H32ClFN6O2/c1-10-26(45)42-16-21(7)43(17-20(42)6)31-23-15-24(35)29(22-13-11-12-14-25(22)36)37-32(23)44(34(46)40-31)30-27(18(2)3)38-33(41(8)9)39-28(30)19(4)5;1-8-26(40)37-16-22(7)38(17-21(37)6)30-24-15-25(33)28(23-11-9-10-19(4)14-23)35-31(24)39(32(41)36-30)29-20(5)12-13-34-27(29)18(2)3;1-7-25(40)37-15-20(6)38(16-19(37)5)29-23-14-24(32)27(21-9-8-10-22(33)13-21)35-30(23)39(31(41)36-29)28-18(4)11-12-34-26(28)17(2)3/h10-15,18-21H,1,16-17H2,2-9H3;8-15,18,21-22H,1,16-17H2,2-7H3;7-14,17,19-20H,1,15-16H2,2-6H3. The van der Waals surface area contributed by atoms with Gasteiger partial charge in [-0.05, 0) is 176 Å². The fourth-order valence-electron chi connectivity index (χ4n) is 17.1. The van der Waals surface area contributed by atoms with Crippen molar-refractivity contribution in [2.24, 2.45) is 0 Å². The van der Waals surface area contributed by atoms with E-state index in [0.717, 1.165) is 33.6 Å². The zero-order valence-corrected chi connectivity index (χ0v) is 77.9. The fraction of sp³-hybridized carbons (Fsp3) is 0.361. The number of rotatable bonds is 17. The second-order valence-electron chi connectivity index (χ2n) is 34.6. The topological polar surface area (TPSA) is 269 Å². The van der Waals surface area contributed by atoms with Crippen LogP contribution < -0.4 is 36.7 Å². The van der Waals surface area contributed by atoms with Gasteiger partial charge in [0.05, 0.1) is 88.1 Å².